The third-order valence-electron chi connectivity index (χ3n) is 4.50. The molecule has 1 amide bonds. The first-order valence-electron chi connectivity index (χ1n) is 8.70. The molecule has 8 nitrogen and oxygen atoms in total. The summed E-state index contributed by atoms with van der Waals surface area (Å²) in [6.07, 6.45) is 0.885. The Morgan fingerprint density at radius 3 is 2.07 bits per heavy atom. The van der Waals surface area contributed by atoms with E-state index in [1.54, 1.807) is 44.2 Å². The second-order valence-corrected chi connectivity index (χ2v) is 10.4. The molecular weight excluding hydrogens is 426 g/mol. The number of nitrogens with one attached hydrogen (secondary N) is 1. The molecule has 2 aromatic carbocycles. The summed E-state index contributed by atoms with van der Waals surface area (Å²) in [5, 5.41) is 17.2. The van der Waals surface area contributed by atoms with Crippen molar-refractivity contribution in [3.63, 3.8) is 0 Å². The van der Waals surface area contributed by atoms with E-state index < -0.39 is 25.3 Å². The molecule has 2 aromatic rings. The minimum atomic E-state index is -3.78. The molecule has 0 saturated carbocycles. The van der Waals surface area contributed by atoms with Crippen LogP contribution in [0.1, 0.15) is 25.0 Å². The van der Waals surface area contributed by atoms with Gasteiger partial charge in [-0.15, -0.1) is 0 Å². The molecule has 3 N–H and O–H groups in total. The normalized spacial score (nSPS) is 12.5. The highest BCUT2D eigenvalue weighted by atomic mass is 32.2. The molecule has 0 bridgehead atoms. The third-order valence-corrected chi connectivity index (χ3v) is 6.85. The van der Waals surface area contributed by atoms with E-state index in [-0.39, 0.29) is 22.2 Å². The number of carbonyl (C=O) groups excluding carboxylic acids is 1. The Bertz CT molecular complexity index is 1210. The van der Waals surface area contributed by atoms with Crippen molar-refractivity contribution in [3.8, 4) is 6.07 Å². The van der Waals surface area contributed by atoms with E-state index in [1.807, 2.05) is 0 Å². The lowest BCUT2D eigenvalue weighted by Gasteiger charge is -2.24. The summed E-state index contributed by atoms with van der Waals surface area (Å²) in [4.78, 5) is 12.7. The molecule has 2 rings (SSSR count). The van der Waals surface area contributed by atoms with Crippen molar-refractivity contribution >= 4 is 25.8 Å². The smallest absolute Gasteiger partial charge is 0.238 e. The summed E-state index contributed by atoms with van der Waals surface area (Å²) in [5.74, 6) is -0.294. The van der Waals surface area contributed by atoms with Gasteiger partial charge in [-0.05, 0) is 49.2 Å². The highest BCUT2D eigenvalue weighted by Gasteiger charge is 2.29. The van der Waals surface area contributed by atoms with Gasteiger partial charge in [0.15, 0.2) is 0 Å². The molecule has 0 aliphatic carbocycles. The Morgan fingerprint density at radius 2 is 1.57 bits per heavy atom. The number of hydrogen-bond acceptors (Lipinski definition) is 6. The summed E-state index contributed by atoms with van der Waals surface area (Å²) in [6, 6.07) is 13.3. The Morgan fingerprint density at radius 1 is 1.03 bits per heavy atom. The van der Waals surface area contributed by atoms with Gasteiger partial charge in [0.05, 0.1) is 21.3 Å². The maximum atomic E-state index is 12.7. The van der Waals surface area contributed by atoms with Crippen molar-refractivity contribution in [2.45, 2.75) is 35.6 Å². The van der Waals surface area contributed by atoms with Crippen LogP contribution < -0.4 is 10.5 Å². The van der Waals surface area contributed by atoms with Gasteiger partial charge in [0.1, 0.15) is 0 Å². The topological polar surface area (TPSA) is 147 Å². The van der Waals surface area contributed by atoms with Crippen molar-refractivity contribution in [1.82, 2.24) is 5.32 Å². The predicted molar refractivity (Wildman–Crippen MR) is 111 cm³/mol. The first kappa shape index (κ1) is 23.3. The number of nitriles is 1. The van der Waals surface area contributed by atoms with Gasteiger partial charge in [-0.3, -0.25) is 4.79 Å². The van der Waals surface area contributed by atoms with Crippen LogP contribution in [0, 0.1) is 11.3 Å². The number of primary sulfonamides is 1. The molecule has 158 valence electrons. The van der Waals surface area contributed by atoms with Crippen LogP contribution in [0.4, 0.5) is 0 Å². The fraction of sp³-hybridized carbons (Fsp3) is 0.200. The van der Waals surface area contributed by atoms with Crippen LogP contribution >= 0.6 is 0 Å². The van der Waals surface area contributed by atoms with Crippen LogP contribution in [0.5, 0.6) is 0 Å². The van der Waals surface area contributed by atoms with E-state index in [0.717, 1.165) is 11.5 Å². The summed E-state index contributed by atoms with van der Waals surface area (Å²) >= 11 is 0. The number of amides is 1. The average Bonchev–Trinajstić information content (AvgIpc) is 2.70. The molecule has 0 radical (unpaired) electrons. The van der Waals surface area contributed by atoms with E-state index in [0.29, 0.717) is 11.1 Å². The number of nitrogens with zero attached hydrogens (tertiary/aromatic N) is 1. The monoisotopic (exact) mass is 447 g/mol. The number of nitrogens with two attached hydrogens (primary N) is 1. The number of rotatable bonds is 7. The maximum Gasteiger partial charge on any atom is 0.238 e. The molecule has 0 saturated heterocycles. The largest absolute Gasteiger partial charge is 0.351 e. The SMILES string of the molecule is CC(C)(C(=O)NCc1ccc(S(N)(=O)=O)cc1)c1ccc(S(=O)(=O)/C=C/C#N)cc1. The van der Waals surface area contributed by atoms with Crippen LogP contribution in [-0.4, -0.2) is 22.7 Å². The molecule has 0 aromatic heterocycles. The molecule has 10 heteroatoms. The zero-order valence-corrected chi connectivity index (χ0v) is 18.0. The van der Waals surface area contributed by atoms with Gasteiger partial charge in [-0.1, -0.05) is 24.3 Å². The number of sulfonamides is 1. The Labute approximate surface area is 176 Å². The molecule has 0 heterocycles. The standard InChI is InChI=1S/C20H21N3O5S2/c1-20(2,16-6-10-17(11-7-16)29(25,26)13-3-12-21)19(24)23-14-15-4-8-18(9-5-15)30(22,27)28/h3-11,13H,14H2,1-2H3,(H,23,24)(H2,22,27,28)/b13-3+. The zero-order valence-electron chi connectivity index (χ0n) is 16.4. The van der Waals surface area contributed by atoms with E-state index >= 15 is 0 Å². The summed E-state index contributed by atoms with van der Waals surface area (Å²) in [5.41, 5.74) is 0.343. The lowest BCUT2D eigenvalue weighted by Crippen LogP contribution is -2.39. The van der Waals surface area contributed by atoms with E-state index in [1.165, 1.54) is 24.3 Å². The fourth-order valence-corrected chi connectivity index (χ4v) is 4.02. The lowest BCUT2D eigenvalue weighted by atomic mass is 9.83. The minimum Gasteiger partial charge on any atom is -0.351 e. The average molecular weight is 448 g/mol. The highest BCUT2D eigenvalue weighted by Crippen LogP contribution is 2.25. The number of hydrogen-bond donors (Lipinski definition) is 2. The molecule has 0 atom stereocenters. The van der Waals surface area contributed by atoms with Gasteiger partial charge in [0.2, 0.25) is 25.8 Å². The number of sulfone groups is 1. The molecule has 0 fully saturated rings. The predicted octanol–water partition coefficient (Wildman–Crippen LogP) is 1.74. The van der Waals surface area contributed by atoms with Gasteiger partial charge in [-0.25, -0.2) is 22.0 Å². The number of benzene rings is 2. The van der Waals surface area contributed by atoms with Crippen molar-refractivity contribution < 1.29 is 21.6 Å². The van der Waals surface area contributed by atoms with Crippen molar-refractivity contribution in [2.75, 3.05) is 0 Å². The maximum absolute atomic E-state index is 12.7. The summed E-state index contributed by atoms with van der Waals surface area (Å²) < 4.78 is 46.7. The second kappa shape index (κ2) is 8.79. The van der Waals surface area contributed by atoms with Gasteiger partial charge in [-0.2, -0.15) is 5.26 Å². The van der Waals surface area contributed by atoms with Gasteiger partial charge < -0.3 is 5.32 Å². The van der Waals surface area contributed by atoms with Crippen LogP contribution in [0.3, 0.4) is 0 Å². The Hall–Kier alpha value is -3.00. The Kier molecular flexibility index (Phi) is 6.82. The zero-order chi connectivity index (χ0) is 22.6. The first-order valence-corrected chi connectivity index (χ1v) is 11.8. The molecular formula is C20H21N3O5S2. The lowest BCUT2D eigenvalue weighted by molar-refractivity contribution is -0.125. The van der Waals surface area contributed by atoms with Gasteiger partial charge in [0.25, 0.3) is 0 Å². The first-order chi connectivity index (χ1) is 13.9. The fourth-order valence-electron chi connectivity index (χ4n) is 2.59. The van der Waals surface area contributed by atoms with Gasteiger partial charge in [0, 0.05) is 18.0 Å². The van der Waals surface area contributed by atoms with Crippen LogP contribution in [0.25, 0.3) is 0 Å². The second-order valence-electron chi connectivity index (χ2n) is 7.00. The number of allylic oxidation sites excluding steroid dienone is 1. The quantitative estimate of drug-likeness (QED) is 0.618. The summed E-state index contributed by atoms with van der Waals surface area (Å²) in [6.45, 7) is 3.58. The molecule has 0 spiro atoms. The van der Waals surface area contributed by atoms with Crippen LogP contribution in [0.15, 0.2) is 69.8 Å². The summed E-state index contributed by atoms with van der Waals surface area (Å²) in [7, 11) is -7.50. The molecule has 0 unspecified atom stereocenters. The molecule has 30 heavy (non-hydrogen) atoms. The molecule has 0 aliphatic rings. The molecule has 0 aliphatic heterocycles. The van der Waals surface area contributed by atoms with Crippen molar-refractivity contribution in [3.05, 3.63) is 71.1 Å². The highest BCUT2D eigenvalue weighted by molar-refractivity contribution is 7.94. The van der Waals surface area contributed by atoms with Crippen LogP contribution in [0.2, 0.25) is 0 Å². The Balaban J connectivity index is 2.12. The van der Waals surface area contributed by atoms with E-state index in [2.05, 4.69) is 5.32 Å². The van der Waals surface area contributed by atoms with E-state index in [9.17, 15) is 21.6 Å². The van der Waals surface area contributed by atoms with Crippen LogP contribution in [-0.2, 0) is 36.6 Å². The third kappa shape index (κ3) is 5.54. The van der Waals surface area contributed by atoms with Crippen molar-refractivity contribution in [1.29, 1.82) is 5.26 Å². The minimum absolute atomic E-state index is 0.0161. The van der Waals surface area contributed by atoms with E-state index in [4.69, 9.17) is 10.4 Å². The number of carbonyl (C=O) groups is 1. The van der Waals surface area contributed by atoms with Crippen molar-refractivity contribution in [2.24, 2.45) is 5.14 Å². The van der Waals surface area contributed by atoms with Gasteiger partial charge >= 0.3 is 0 Å².